The van der Waals surface area contributed by atoms with E-state index in [2.05, 4.69) is 10.0 Å². The molecule has 0 atom stereocenters. The zero-order chi connectivity index (χ0) is 16.6. The molecule has 0 aliphatic carbocycles. The molecule has 1 aromatic rings. The normalized spacial score (nSPS) is 11.6. The van der Waals surface area contributed by atoms with E-state index in [-0.39, 0.29) is 11.0 Å². The lowest BCUT2D eigenvalue weighted by Crippen LogP contribution is -2.31. The molecule has 1 aromatic carbocycles. The van der Waals surface area contributed by atoms with Gasteiger partial charge in [0.2, 0.25) is 10.0 Å². The fourth-order valence-electron chi connectivity index (χ4n) is 1.86. The third-order valence-corrected chi connectivity index (χ3v) is 5.25. The van der Waals surface area contributed by atoms with Gasteiger partial charge < -0.3 is 5.32 Å². The second-order valence-corrected chi connectivity index (χ2v) is 7.93. The highest BCUT2D eigenvalue weighted by molar-refractivity contribution is 7.90. The predicted octanol–water partition coefficient (Wildman–Crippen LogP) is 2.80. The molecule has 0 aliphatic rings. The lowest BCUT2D eigenvalue weighted by molar-refractivity contribution is 0.101. The number of hydrogen-bond donors (Lipinski definition) is 2. The molecule has 0 fully saturated rings. The number of rotatable bonds is 10. The SMILES string of the molecule is CC(=O)c1ccc(NCCCCCNS(=O)(=O)C(C)C)cc1. The van der Waals surface area contributed by atoms with Crippen LogP contribution < -0.4 is 10.0 Å². The summed E-state index contributed by atoms with van der Waals surface area (Å²) in [6.07, 6.45) is 2.76. The van der Waals surface area contributed by atoms with Gasteiger partial charge in [-0.1, -0.05) is 6.42 Å². The van der Waals surface area contributed by atoms with E-state index in [0.29, 0.717) is 12.1 Å². The lowest BCUT2D eigenvalue weighted by atomic mass is 10.1. The van der Waals surface area contributed by atoms with Crippen LogP contribution in [-0.2, 0) is 10.0 Å². The van der Waals surface area contributed by atoms with Crippen LogP contribution in [0.4, 0.5) is 5.69 Å². The molecule has 0 aliphatic heterocycles. The largest absolute Gasteiger partial charge is 0.385 e. The van der Waals surface area contributed by atoms with Crippen LogP contribution in [0, 0.1) is 0 Å². The number of carbonyl (C=O) groups is 1. The van der Waals surface area contributed by atoms with Crippen molar-refractivity contribution >= 4 is 21.5 Å². The van der Waals surface area contributed by atoms with E-state index in [1.807, 2.05) is 24.3 Å². The molecule has 0 spiro atoms. The molecule has 0 saturated heterocycles. The van der Waals surface area contributed by atoms with Crippen LogP contribution in [0.1, 0.15) is 50.4 Å². The Morgan fingerprint density at radius 1 is 1.05 bits per heavy atom. The molecule has 0 amide bonds. The average Bonchev–Trinajstić information content (AvgIpc) is 2.46. The van der Waals surface area contributed by atoms with Gasteiger partial charge in [0.1, 0.15) is 0 Å². The van der Waals surface area contributed by atoms with Crippen LogP contribution in [0.25, 0.3) is 0 Å². The van der Waals surface area contributed by atoms with Gasteiger partial charge in [-0.3, -0.25) is 4.79 Å². The molecule has 0 aromatic heterocycles. The van der Waals surface area contributed by atoms with Crippen LogP contribution >= 0.6 is 0 Å². The molecule has 6 heteroatoms. The van der Waals surface area contributed by atoms with Gasteiger partial charge >= 0.3 is 0 Å². The van der Waals surface area contributed by atoms with Gasteiger partial charge in [-0.15, -0.1) is 0 Å². The van der Waals surface area contributed by atoms with E-state index in [4.69, 9.17) is 0 Å². The predicted molar refractivity (Wildman–Crippen MR) is 90.8 cm³/mol. The zero-order valence-electron chi connectivity index (χ0n) is 13.6. The first-order valence-corrected chi connectivity index (χ1v) is 9.21. The molecule has 0 unspecified atom stereocenters. The first-order chi connectivity index (χ1) is 10.3. The highest BCUT2D eigenvalue weighted by atomic mass is 32.2. The van der Waals surface area contributed by atoms with Crippen molar-refractivity contribution in [3.8, 4) is 0 Å². The summed E-state index contributed by atoms with van der Waals surface area (Å²) < 4.78 is 25.7. The van der Waals surface area contributed by atoms with Crippen LogP contribution in [0.2, 0.25) is 0 Å². The Kier molecular flexibility index (Phi) is 7.55. The van der Waals surface area contributed by atoms with Crippen molar-refractivity contribution < 1.29 is 13.2 Å². The Morgan fingerprint density at radius 2 is 1.64 bits per heavy atom. The maximum Gasteiger partial charge on any atom is 0.213 e. The van der Waals surface area contributed by atoms with Crippen molar-refractivity contribution in [2.45, 2.75) is 45.3 Å². The Labute approximate surface area is 133 Å². The van der Waals surface area contributed by atoms with Gasteiger partial charge in [0, 0.05) is 24.3 Å². The van der Waals surface area contributed by atoms with Crippen molar-refractivity contribution in [1.82, 2.24) is 4.72 Å². The molecule has 2 N–H and O–H groups in total. The van der Waals surface area contributed by atoms with E-state index in [1.165, 1.54) is 0 Å². The lowest BCUT2D eigenvalue weighted by Gasteiger charge is -2.09. The second-order valence-electron chi connectivity index (χ2n) is 5.61. The van der Waals surface area contributed by atoms with Gasteiger partial charge in [-0.05, 0) is 57.9 Å². The number of anilines is 1. The summed E-state index contributed by atoms with van der Waals surface area (Å²) >= 11 is 0. The fourth-order valence-corrected chi connectivity index (χ4v) is 2.63. The average molecular weight is 326 g/mol. The zero-order valence-corrected chi connectivity index (χ0v) is 14.4. The Bertz CT molecular complexity index is 566. The summed E-state index contributed by atoms with van der Waals surface area (Å²) in [5, 5.41) is 2.90. The van der Waals surface area contributed by atoms with Crippen molar-refractivity contribution in [2.24, 2.45) is 0 Å². The monoisotopic (exact) mass is 326 g/mol. The third kappa shape index (κ3) is 6.58. The van der Waals surface area contributed by atoms with Crippen molar-refractivity contribution in [3.63, 3.8) is 0 Å². The van der Waals surface area contributed by atoms with Crippen LogP contribution in [0.3, 0.4) is 0 Å². The van der Waals surface area contributed by atoms with Crippen LogP contribution in [-0.4, -0.2) is 32.5 Å². The molecular formula is C16H26N2O3S. The molecule has 0 radical (unpaired) electrons. The van der Waals surface area contributed by atoms with Gasteiger partial charge in [-0.2, -0.15) is 0 Å². The van der Waals surface area contributed by atoms with Gasteiger partial charge in [0.05, 0.1) is 5.25 Å². The van der Waals surface area contributed by atoms with Crippen molar-refractivity contribution in [3.05, 3.63) is 29.8 Å². The Hall–Kier alpha value is -1.40. The number of unbranched alkanes of at least 4 members (excludes halogenated alkanes) is 2. The van der Waals surface area contributed by atoms with Gasteiger partial charge in [0.25, 0.3) is 0 Å². The van der Waals surface area contributed by atoms with Crippen molar-refractivity contribution in [1.29, 1.82) is 0 Å². The first-order valence-electron chi connectivity index (χ1n) is 7.66. The standard InChI is InChI=1S/C16H26N2O3S/c1-13(2)22(20,21)18-12-6-4-5-11-17-16-9-7-15(8-10-16)14(3)19/h7-10,13,17-18H,4-6,11-12H2,1-3H3. The van der Waals surface area contributed by atoms with Gasteiger partial charge in [-0.25, -0.2) is 13.1 Å². The van der Waals surface area contributed by atoms with E-state index in [9.17, 15) is 13.2 Å². The number of hydrogen-bond acceptors (Lipinski definition) is 4. The maximum absolute atomic E-state index is 11.5. The fraction of sp³-hybridized carbons (Fsp3) is 0.562. The number of carbonyl (C=O) groups excluding carboxylic acids is 1. The molecule has 0 heterocycles. The van der Waals surface area contributed by atoms with E-state index < -0.39 is 10.0 Å². The minimum Gasteiger partial charge on any atom is -0.385 e. The summed E-state index contributed by atoms with van der Waals surface area (Å²) in [4.78, 5) is 11.2. The van der Waals surface area contributed by atoms with Crippen molar-refractivity contribution in [2.75, 3.05) is 18.4 Å². The third-order valence-electron chi connectivity index (χ3n) is 3.40. The Morgan fingerprint density at radius 3 is 2.18 bits per heavy atom. The number of ketones is 1. The van der Waals surface area contributed by atoms with Crippen LogP contribution in [0.15, 0.2) is 24.3 Å². The highest BCUT2D eigenvalue weighted by Gasteiger charge is 2.13. The number of Topliss-reactive ketones (excluding diaryl/α,β-unsaturated/α-hetero) is 1. The van der Waals surface area contributed by atoms with E-state index in [1.54, 1.807) is 20.8 Å². The molecule has 0 saturated carbocycles. The molecule has 5 nitrogen and oxygen atoms in total. The first kappa shape index (κ1) is 18.6. The van der Waals surface area contributed by atoms with E-state index in [0.717, 1.165) is 31.5 Å². The summed E-state index contributed by atoms with van der Waals surface area (Å²) in [6, 6.07) is 7.41. The smallest absolute Gasteiger partial charge is 0.213 e. The minimum atomic E-state index is -3.14. The molecule has 0 bridgehead atoms. The van der Waals surface area contributed by atoms with E-state index >= 15 is 0 Å². The topological polar surface area (TPSA) is 75.3 Å². The summed E-state index contributed by atoms with van der Waals surface area (Å²) in [7, 11) is -3.14. The minimum absolute atomic E-state index is 0.0652. The maximum atomic E-state index is 11.5. The number of benzene rings is 1. The summed E-state index contributed by atoms with van der Waals surface area (Å²) in [5.41, 5.74) is 1.70. The second kappa shape index (κ2) is 8.90. The molecular weight excluding hydrogens is 300 g/mol. The summed E-state index contributed by atoms with van der Waals surface area (Å²) in [5.74, 6) is 0.0652. The van der Waals surface area contributed by atoms with Crippen LogP contribution in [0.5, 0.6) is 0 Å². The molecule has 22 heavy (non-hydrogen) atoms. The molecule has 124 valence electrons. The quantitative estimate of drug-likeness (QED) is 0.512. The Balaban J connectivity index is 2.14. The number of nitrogens with one attached hydrogen (secondary N) is 2. The number of sulfonamides is 1. The van der Waals surface area contributed by atoms with Gasteiger partial charge in [0.15, 0.2) is 5.78 Å². The highest BCUT2D eigenvalue weighted by Crippen LogP contribution is 2.10. The summed E-state index contributed by atoms with van der Waals surface area (Å²) in [6.45, 7) is 6.22. The molecule has 1 rings (SSSR count).